The minimum atomic E-state index is 0.681. The summed E-state index contributed by atoms with van der Waals surface area (Å²) in [6.45, 7) is 2.66. The van der Waals surface area contributed by atoms with Gasteiger partial charge in [0.05, 0.1) is 6.61 Å². The number of benzene rings is 1. The predicted molar refractivity (Wildman–Crippen MR) is 67.9 cm³/mol. The SMILES string of the molecule is CCOc1cc(S)c2scc(Br)c2c1. The quantitative estimate of drug-likeness (QED) is 0.809. The van der Waals surface area contributed by atoms with E-state index < -0.39 is 0 Å². The second-order valence-corrected chi connectivity index (χ2v) is 5.05. The fourth-order valence-corrected chi connectivity index (χ4v) is 3.27. The van der Waals surface area contributed by atoms with Crippen molar-refractivity contribution in [2.24, 2.45) is 0 Å². The van der Waals surface area contributed by atoms with Crippen LogP contribution in [0.2, 0.25) is 0 Å². The molecule has 0 unspecified atom stereocenters. The Morgan fingerprint density at radius 1 is 1.50 bits per heavy atom. The molecule has 74 valence electrons. The largest absolute Gasteiger partial charge is 0.494 e. The van der Waals surface area contributed by atoms with Gasteiger partial charge in [-0.05, 0) is 35.0 Å². The first-order valence-electron chi connectivity index (χ1n) is 4.25. The molecular formula is C10H9BrOS2. The zero-order valence-electron chi connectivity index (χ0n) is 7.58. The Balaban J connectivity index is 2.63. The van der Waals surface area contributed by atoms with Crippen molar-refractivity contribution in [3.63, 3.8) is 0 Å². The van der Waals surface area contributed by atoms with E-state index in [2.05, 4.69) is 33.9 Å². The third kappa shape index (κ3) is 1.78. The number of fused-ring (bicyclic) bond motifs is 1. The normalized spacial score (nSPS) is 10.8. The fraction of sp³-hybridized carbons (Fsp3) is 0.200. The Kier molecular flexibility index (Phi) is 3.04. The molecule has 1 aromatic carbocycles. The Morgan fingerprint density at radius 2 is 2.29 bits per heavy atom. The van der Waals surface area contributed by atoms with Crippen molar-refractivity contribution in [1.29, 1.82) is 0 Å². The number of thiophene rings is 1. The molecule has 1 aromatic heterocycles. The lowest BCUT2D eigenvalue weighted by Gasteiger charge is -2.04. The van der Waals surface area contributed by atoms with Gasteiger partial charge in [-0.2, -0.15) is 0 Å². The molecule has 0 aliphatic rings. The molecule has 0 radical (unpaired) electrons. The molecule has 2 rings (SSSR count). The predicted octanol–water partition coefficient (Wildman–Crippen LogP) is 4.35. The molecule has 0 N–H and O–H groups in total. The molecule has 2 aromatic rings. The zero-order chi connectivity index (χ0) is 10.1. The molecule has 0 aliphatic carbocycles. The number of rotatable bonds is 2. The summed E-state index contributed by atoms with van der Waals surface area (Å²) in [6, 6.07) is 4.00. The van der Waals surface area contributed by atoms with Gasteiger partial charge in [-0.1, -0.05) is 0 Å². The van der Waals surface area contributed by atoms with Crippen LogP contribution in [0, 0.1) is 0 Å². The minimum absolute atomic E-state index is 0.681. The highest BCUT2D eigenvalue weighted by Gasteiger charge is 2.07. The number of halogens is 1. The number of ether oxygens (including phenoxy) is 1. The van der Waals surface area contributed by atoms with Crippen LogP contribution in [0.4, 0.5) is 0 Å². The number of thiol groups is 1. The third-order valence-electron chi connectivity index (χ3n) is 1.89. The summed E-state index contributed by atoms with van der Waals surface area (Å²) in [5, 5.41) is 3.24. The lowest BCUT2D eigenvalue weighted by atomic mass is 10.2. The van der Waals surface area contributed by atoms with Crippen LogP contribution < -0.4 is 4.74 Å². The van der Waals surface area contributed by atoms with Gasteiger partial charge in [-0.25, -0.2) is 0 Å². The van der Waals surface area contributed by atoms with Crippen molar-refractivity contribution >= 4 is 50.0 Å². The van der Waals surface area contributed by atoms with Crippen LogP contribution >= 0.6 is 39.9 Å². The molecule has 1 nitrogen and oxygen atoms in total. The first-order valence-corrected chi connectivity index (χ1v) is 6.37. The molecule has 0 saturated heterocycles. The van der Waals surface area contributed by atoms with Gasteiger partial charge in [0, 0.05) is 24.8 Å². The second-order valence-electron chi connectivity index (χ2n) is 2.84. The van der Waals surface area contributed by atoms with Crippen LogP contribution in [0.1, 0.15) is 6.92 Å². The van der Waals surface area contributed by atoms with Gasteiger partial charge in [0.2, 0.25) is 0 Å². The summed E-state index contributed by atoms with van der Waals surface area (Å²) in [6.07, 6.45) is 0. The van der Waals surface area contributed by atoms with Crippen molar-refractivity contribution in [3.8, 4) is 5.75 Å². The smallest absolute Gasteiger partial charge is 0.121 e. The van der Waals surface area contributed by atoms with E-state index in [-0.39, 0.29) is 0 Å². The van der Waals surface area contributed by atoms with E-state index in [4.69, 9.17) is 4.74 Å². The van der Waals surface area contributed by atoms with Gasteiger partial charge < -0.3 is 4.74 Å². The first-order chi connectivity index (χ1) is 6.72. The molecule has 0 amide bonds. The molecule has 0 saturated carbocycles. The van der Waals surface area contributed by atoms with E-state index in [0.717, 1.165) is 15.1 Å². The van der Waals surface area contributed by atoms with Crippen molar-refractivity contribution in [2.45, 2.75) is 11.8 Å². The van der Waals surface area contributed by atoms with Crippen LogP contribution in [0.3, 0.4) is 0 Å². The van der Waals surface area contributed by atoms with E-state index in [1.807, 2.05) is 19.1 Å². The average molecular weight is 289 g/mol. The van der Waals surface area contributed by atoms with Gasteiger partial charge in [0.15, 0.2) is 0 Å². The fourth-order valence-electron chi connectivity index (χ4n) is 1.31. The summed E-state index contributed by atoms with van der Waals surface area (Å²) in [7, 11) is 0. The zero-order valence-corrected chi connectivity index (χ0v) is 10.9. The van der Waals surface area contributed by atoms with Crippen LogP contribution in [0.25, 0.3) is 10.1 Å². The highest BCUT2D eigenvalue weighted by molar-refractivity contribution is 9.10. The monoisotopic (exact) mass is 288 g/mol. The van der Waals surface area contributed by atoms with Crippen LogP contribution in [-0.4, -0.2) is 6.61 Å². The maximum atomic E-state index is 5.45. The highest BCUT2D eigenvalue weighted by atomic mass is 79.9. The molecule has 0 atom stereocenters. The van der Waals surface area contributed by atoms with Gasteiger partial charge in [0.25, 0.3) is 0 Å². The van der Waals surface area contributed by atoms with Crippen molar-refractivity contribution < 1.29 is 4.74 Å². The molecule has 0 bridgehead atoms. The Morgan fingerprint density at radius 3 is 3.00 bits per heavy atom. The van der Waals surface area contributed by atoms with Crippen molar-refractivity contribution in [2.75, 3.05) is 6.61 Å². The molecule has 4 heteroatoms. The number of hydrogen-bond acceptors (Lipinski definition) is 3. The molecule has 0 fully saturated rings. The van der Waals surface area contributed by atoms with Gasteiger partial charge in [0.1, 0.15) is 5.75 Å². The standard InChI is InChI=1S/C10H9BrOS2/c1-2-12-6-3-7-8(11)5-14-10(7)9(13)4-6/h3-5,13H,2H2,1H3. The van der Waals surface area contributed by atoms with E-state index in [0.29, 0.717) is 6.61 Å². The van der Waals surface area contributed by atoms with Crippen molar-refractivity contribution in [1.82, 2.24) is 0 Å². The summed E-state index contributed by atoms with van der Waals surface area (Å²) in [4.78, 5) is 0.974. The first kappa shape index (κ1) is 10.3. The lowest BCUT2D eigenvalue weighted by molar-refractivity contribution is 0.340. The van der Waals surface area contributed by atoms with Gasteiger partial charge in [-0.3, -0.25) is 0 Å². The van der Waals surface area contributed by atoms with Crippen LogP contribution in [0.15, 0.2) is 26.9 Å². The van der Waals surface area contributed by atoms with E-state index in [1.165, 1.54) is 10.1 Å². The summed E-state index contributed by atoms with van der Waals surface area (Å²) in [5.74, 6) is 0.879. The lowest BCUT2D eigenvalue weighted by Crippen LogP contribution is -1.90. The van der Waals surface area contributed by atoms with Gasteiger partial charge >= 0.3 is 0 Å². The Bertz CT molecular complexity index is 464. The van der Waals surface area contributed by atoms with E-state index in [9.17, 15) is 0 Å². The van der Waals surface area contributed by atoms with Crippen molar-refractivity contribution in [3.05, 3.63) is 22.0 Å². The molecule has 0 aliphatic heterocycles. The summed E-state index contributed by atoms with van der Waals surface area (Å²) < 4.78 is 7.76. The van der Waals surface area contributed by atoms with E-state index >= 15 is 0 Å². The molecule has 1 heterocycles. The average Bonchev–Trinajstić information content (AvgIpc) is 2.49. The number of hydrogen-bond donors (Lipinski definition) is 1. The third-order valence-corrected chi connectivity index (χ3v) is 4.38. The Hall–Kier alpha value is -0.190. The van der Waals surface area contributed by atoms with Gasteiger partial charge in [-0.15, -0.1) is 24.0 Å². The maximum absolute atomic E-state index is 5.45. The summed E-state index contributed by atoms with van der Waals surface area (Å²) in [5.41, 5.74) is 0. The van der Waals surface area contributed by atoms with Crippen LogP contribution in [0.5, 0.6) is 5.75 Å². The summed E-state index contributed by atoms with van der Waals surface area (Å²) >= 11 is 9.63. The van der Waals surface area contributed by atoms with Crippen LogP contribution in [-0.2, 0) is 0 Å². The maximum Gasteiger partial charge on any atom is 0.121 e. The highest BCUT2D eigenvalue weighted by Crippen LogP contribution is 2.37. The molecule has 0 spiro atoms. The minimum Gasteiger partial charge on any atom is -0.494 e. The Labute approximate surface area is 101 Å². The molecular weight excluding hydrogens is 280 g/mol. The second kappa shape index (κ2) is 4.13. The topological polar surface area (TPSA) is 9.23 Å². The molecule has 14 heavy (non-hydrogen) atoms. The van der Waals surface area contributed by atoms with E-state index in [1.54, 1.807) is 11.3 Å².